The number of ether oxygens (including phenoxy) is 1. The van der Waals surface area contributed by atoms with Gasteiger partial charge in [0.25, 0.3) is 11.5 Å². The van der Waals surface area contributed by atoms with Crippen LogP contribution in [0, 0.1) is 6.92 Å². The first kappa shape index (κ1) is 20.1. The largest absolute Gasteiger partial charge is 0.483 e. The van der Waals surface area contributed by atoms with Crippen molar-refractivity contribution in [3.05, 3.63) is 70.3 Å². The van der Waals surface area contributed by atoms with Crippen molar-refractivity contribution < 1.29 is 14.3 Å². The van der Waals surface area contributed by atoms with E-state index in [1.807, 2.05) is 25.1 Å². The number of carbonyl (C=O) groups excluding carboxylic acids is 2. The number of hydrazine groups is 1. The van der Waals surface area contributed by atoms with E-state index in [1.165, 1.54) is 4.57 Å². The van der Waals surface area contributed by atoms with Crippen LogP contribution in [0.5, 0.6) is 5.75 Å². The van der Waals surface area contributed by atoms with Crippen LogP contribution < -0.4 is 21.1 Å². The standard InChI is InChI=1S/C21H22N4O4/c1-14-7-3-6-10-17(14)29-13-20(27)24-23-19(26)12-11-18-22-16-9-5-4-8-15(16)21(28)25(18)2/h3-10H,11-13H2,1-2H3,(H,23,26)(H,24,27). The van der Waals surface area contributed by atoms with E-state index < -0.39 is 11.8 Å². The molecule has 0 fully saturated rings. The van der Waals surface area contributed by atoms with Crippen molar-refractivity contribution in [2.24, 2.45) is 7.05 Å². The Bertz CT molecular complexity index is 1110. The summed E-state index contributed by atoms with van der Waals surface area (Å²) in [6.45, 7) is 1.66. The van der Waals surface area contributed by atoms with Gasteiger partial charge in [0.2, 0.25) is 5.91 Å². The lowest BCUT2D eigenvalue weighted by Crippen LogP contribution is -2.44. The second-order valence-corrected chi connectivity index (χ2v) is 6.56. The molecule has 150 valence electrons. The molecule has 0 unspecified atom stereocenters. The fourth-order valence-corrected chi connectivity index (χ4v) is 2.81. The third-order valence-corrected chi connectivity index (χ3v) is 4.45. The summed E-state index contributed by atoms with van der Waals surface area (Å²) in [6, 6.07) is 14.4. The number of hydrogen-bond acceptors (Lipinski definition) is 5. The molecule has 0 saturated heterocycles. The molecule has 0 saturated carbocycles. The van der Waals surface area contributed by atoms with Crippen molar-refractivity contribution in [1.29, 1.82) is 0 Å². The zero-order chi connectivity index (χ0) is 20.8. The van der Waals surface area contributed by atoms with E-state index in [-0.39, 0.29) is 25.0 Å². The first-order valence-corrected chi connectivity index (χ1v) is 9.16. The molecule has 2 amide bonds. The SMILES string of the molecule is Cc1ccccc1OCC(=O)NNC(=O)CCc1nc2ccccc2c(=O)n1C. The number of nitrogens with zero attached hydrogens (tertiary/aromatic N) is 2. The predicted molar refractivity (Wildman–Crippen MR) is 108 cm³/mol. The number of nitrogens with one attached hydrogen (secondary N) is 2. The van der Waals surface area contributed by atoms with Gasteiger partial charge in [0.1, 0.15) is 11.6 Å². The van der Waals surface area contributed by atoms with Crippen molar-refractivity contribution in [2.75, 3.05) is 6.61 Å². The lowest BCUT2D eigenvalue weighted by molar-refractivity contribution is -0.130. The molecule has 3 rings (SSSR count). The topological polar surface area (TPSA) is 102 Å². The van der Waals surface area contributed by atoms with Crippen LogP contribution in [-0.2, 0) is 23.1 Å². The average molecular weight is 394 g/mol. The molecule has 0 spiro atoms. The highest BCUT2D eigenvalue weighted by Crippen LogP contribution is 2.15. The molecule has 29 heavy (non-hydrogen) atoms. The number of carbonyl (C=O) groups is 2. The van der Waals surface area contributed by atoms with Gasteiger partial charge < -0.3 is 4.74 Å². The first-order chi connectivity index (χ1) is 14.0. The van der Waals surface area contributed by atoms with Gasteiger partial charge in [0, 0.05) is 19.9 Å². The molecule has 0 aliphatic heterocycles. The molecular formula is C21H22N4O4. The molecule has 0 radical (unpaired) electrons. The maximum atomic E-state index is 12.4. The Labute approximate surface area is 167 Å². The second kappa shape index (κ2) is 9.01. The summed E-state index contributed by atoms with van der Waals surface area (Å²) < 4.78 is 6.85. The van der Waals surface area contributed by atoms with Gasteiger partial charge in [-0.3, -0.25) is 29.8 Å². The predicted octanol–water partition coefficient (Wildman–Crippen LogP) is 1.40. The van der Waals surface area contributed by atoms with E-state index in [0.29, 0.717) is 22.5 Å². The highest BCUT2D eigenvalue weighted by molar-refractivity contribution is 5.83. The van der Waals surface area contributed by atoms with Crippen LogP contribution in [0.15, 0.2) is 53.3 Å². The van der Waals surface area contributed by atoms with E-state index >= 15 is 0 Å². The summed E-state index contributed by atoms with van der Waals surface area (Å²) in [6.07, 6.45) is 0.329. The van der Waals surface area contributed by atoms with E-state index in [9.17, 15) is 14.4 Å². The summed E-state index contributed by atoms with van der Waals surface area (Å²) in [5, 5.41) is 0.532. The quantitative estimate of drug-likeness (QED) is 0.616. The van der Waals surface area contributed by atoms with Gasteiger partial charge in [-0.2, -0.15) is 0 Å². The van der Waals surface area contributed by atoms with Crippen molar-refractivity contribution in [3.8, 4) is 5.75 Å². The molecule has 0 aliphatic carbocycles. The van der Waals surface area contributed by atoms with E-state index in [0.717, 1.165) is 5.56 Å². The summed E-state index contributed by atoms with van der Waals surface area (Å²) in [7, 11) is 1.62. The molecule has 8 nitrogen and oxygen atoms in total. The summed E-state index contributed by atoms with van der Waals surface area (Å²) in [4.78, 5) is 40.7. The number of rotatable bonds is 6. The molecule has 3 aromatic rings. The van der Waals surface area contributed by atoms with Gasteiger partial charge in [0.05, 0.1) is 10.9 Å². The van der Waals surface area contributed by atoms with Crippen molar-refractivity contribution in [2.45, 2.75) is 19.8 Å². The second-order valence-electron chi connectivity index (χ2n) is 6.56. The first-order valence-electron chi connectivity index (χ1n) is 9.16. The molecule has 2 N–H and O–H groups in total. The highest BCUT2D eigenvalue weighted by atomic mass is 16.5. The van der Waals surface area contributed by atoms with Crippen LogP contribution in [0.25, 0.3) is 10.9 Å². The number of benzene rings is 2. The van der Waals surface area contributed by atoms with Gasteiger partial charge in [-0.15, -0.1) is 0 Å². The smallest absolute Gasteiger partial charge is 0.276 e. The van der Waals surface area contributed by atoms with Crippen LogP contribution in [-0.4, -0.2) is 28.0 Å². The fourth-order valence-electron chi connectivity index (χ4n) is 2.81. The minimum atomic E-state index is -0.474. The van der Waals surface area contributed by atoms with Crippen LogP contribution in [0.2, 0.25) is 0 Å². The van der Waals surface area contributed by atoms with E-state index in [4.69, 9.17) is 4.74 Å². The molecule has 1 heterocycles. The van der Waals surface area contributed by atoms with Gasteiger partial charge in [-0.1, -0.05) is 30.3 Å². The molecule has 0 aliphatic rings. The lowest BCUT2D eigenvalue weighted by Gasteiger charge is -2.11. The average Bonchev–Trinajstić information content (AvgIpc) is 2.73. The van der Waals surface area contributed by atoms with E-state index in [1.54, 1.807) is 37.4 Å². The van der Waals surface area contributed by atoms with Crippen LogP contribution in [0.4, 0.5) is 0 Å². The normalized spacial score (nSPS) is 10.6. The Hall–Kier alpha value is -3.68. The van der Waals surface area contributed by atoms with Crippen molar-refractivity contribution in [1.82, 2.24) is 20.4 Å². The Morgan fingerprint density at radius 1 is 1.03 bits per heavy atom. The van der Waals surface area contributed by atoms with Crippen LogP contribution >= 0.6 is 0 Å². The minimum absolute atomic E-state index is 0.0670. The summed E-state index contributed by atoms with van der Waals surface area (Å²) in [5.41, 5.74) is 6.00. The lowest BCUT2D eigenvalue weighted by atomic mass is 10.2. The summed E-state index contributed by atoms with van der Waals surface area (Å²) in [5.74, 6) is 0.241. The maximum absolute atomic E-state index is 12.4. The number of amides is 2. The molecule has 8 heteroatoms. The van der Waals surface area contributed by atoms with E-state index in [2.05, 4.69) is 15.8 Å². The molecule has 0 atom stereocenters. The molecule has 0 bridgehead atoms. The monoisotopic (exact) mass is 394 g/mol. The number of hydrogen-bond donors (Lipinski definition) is 2. The van der Waals surface area contributed by atoms with Crippen LogP contribution in [0.1, 0.15) is 17.8 Å². The number of fused-ring (bicyclic) bond motifs is 1. The third-order valence-electron chi connectivity index (χ3n) is 4.45. The Kier molecular flexibility index (Phi) is 6.23. The maximum Gasteiger partial charge on any atom is 0.276 e. The molecular weight excluding hydrogens is 372 g/mol. The van der Waals surface area contributed by atoms with Crippen LogP contribution in [0.3, 0.4) is 0 Å². The number of para-hydroxylation sites is 2. The van der Waals surface area contributed by atoms with Crippen molar-refractivity contribution >= 4 is 22.7 Å². The Morgan fingerprint density at radius 2 is 1.72 bits per heavy atom. The van der Waals surface area contributed by atoms with Gasteiger partial charge in [-0.05, 0) is 30.7 Å². The highest BCUT2D eigenvalue weighted by Gasteiger charge is 2.11. The zero-order valence-corrected chi connectivity index (χ0v) is 16.3. The zero-order valence-electron chi connectivity index (χ0n) is 16.3. The Balaban J connectivity index is 1.49. The van der Waals surface area contributed by atoms with Crippen molar-refractivity contribution in [3.63, 3.8) is 0 Å². The van der Waals surface area contributed by atoms with Gasteiger partial charge >= 0.3 is 0 Å². The minimum Gasteiger partial charge on any atom is -0.483 e. The number of aryl methyl sites for hydroxylation is 2. The van der Waals surface area contributed by atoms with Gasteiger partial charge in [-0.25, -0.2) is 4.98 Å². The Morgan fingerprint density at radius 3 is 2.52 bits per heavy atom. The number of aromatic nitrogens is 2. The molecule has 2 aromatic carbocycles. The fraction of sp³-hybridized carbons (Fsp3) is 0.238. The van der Waals surface area contributed by atoms with Gasteiger partial charge in [0.15, 0.2) is 6.61 Å². The summed E-state index contributed by atoms with van der Waals surface area (Å²) >= 11 is 0. The third kappa shape index (κ3) is 4.98. The molecule has 1 aromatic heterocycles.